The fourth-order valence-corrected chi connectivity index (χ4v) is 3.71. The summed E-state index contributed by atoms with van der Waals surface area (Å²) in [5, 5.41) is 3.52. The third-order valence-electron chi connectivity index (χ3n) is 4.99. The molecule has 2 aliphatic rings. The van der Waals surface area contributed by atoms with Crippen molar-refractivity contribution in [1.82, 2.24) is 10.2 Å². The van der Waals surface area contributed by atoms with E-state index in [0.717, 1.165) is 12.0 Å². The normalized spacial score (nSPS) is 28.3. The van der Waals surface area contributed by atoms with Gasteiger partial charge >= 0.3 is 0 Å². The highest BCUT2D eigenvalue weighted by Gasteiger charge is 2.30. The number of nitrogens with one attached hydrogen (secondary N) is 1. The monoisotopic (exact) mass is 266 g/mol. The molecule has 2 rings (SSSR count). The highest BCUT2D eigenvalue weighted by atomic mass is 15.2. The molecule has 0 radical (unpaired) electrons. The highest BCUT2D eigenvalue weighted by molar-refractivity contribution is 4.85. The summed E-state index contributed by atoms with van der Waals surface area (Å²) in [6.45, 7) is 12.3. The van der Waals surface area contributed by atoms with Crippen LogP contribution < -0.4 is 5.32 Å². The lowest BCUT2D eigenvalue weighted by Gasteiger charge is -2.39. The third kappa shape index (κ3) is 5.07. The second-order valence-corrected chi connectivity index (χ2v) is 7.85. The van der Waals surface area contributed by atoms with Crippen LogP contribution in [0, 0.1) is 11.3 Å². The largest absolute Gasteiger partial charge is 0.317 e. The van der Waals surface area contributed by atoms with E-state index < -0.39 is 0 Å². The zero-order valence-corrected chi connectivity index (χ0v) is 13.4. The maximum Gasteiger partial charge on any atom is 0.0124 e. The maximum absolute atomic E-state index is 3.52. The van der Waals surface area contributed by atoms with E-state index in [-0.39, 0.29) is 0 Å². The van der Waals surface area contributed by atoms with Gasteiger partial charge in [0, 0.05) is 6.04 Å². The van der Waals surface area contributed by atoms with Gasteiger partial charge < -0.3 is 10.2 Å². The van der Waals surface area contributed by atoms with Gasteiger partial charge in [0.1, 0.15) is 0 Å². The minimum absolute atomic E-state index is 0.477. The summed E-state index contributed by atoms with van der Waals surface area (Å²) in [6.07, 6.45) is 9.93. The van der Waals surface area contributed by atoms with Crippen molar-refractivity contribution in [2.45, 2.75) is 71.8 Å². The SMILES string of the molecule is CC(C)(C)CCN1CCCCCC1C1CCNCC1. The van der Waals surface area contributed by atoms with Crippen LogP contribution in [0.15, 0.2) is 0 Å². The van der Waals surface area contributed by atoms with Crippen LogP contribution in [0.1, 0.15) is 65.7 Å². The van der Waals surface area contributed by atoms with E-state index in [9.17, 15) is 0 Å². The van der Waals surface area contributed by atoms with E-state index in [1.54, 1.807) is 0 Å². The lowest BCUT2D eigenvalue weighted by atomic mass is 9.86. The molecule has 112 valence electrons. The Morgan fingerprint density at radius 3 is 2.42 bits per heavy atom. The van der Waals surface area contributed by atoms with Crippen molar-refractivity contribution in [3.05, 3.63) is 0 Å². The Kier molecular flexibility index (Phi) is 5.70. The smallest absolute Gasteiger partial charge is 0.0124 e. The molecule has 1 unspecified atom stereocenters. The molecular weight excluding hydrogens is 232 g/mol. The molecule has 0 bridgehead atoms. The highest BCUT2D eigenvalue weighted by Crippen LogP contribution is 2.29. The second kappa shape index (κ2) is 7.08. The molecule has 2 nitrogen and oxygen atoms in total. The molecule has 0 aromatic carbocycles. The zero-order valence-electron chi connectivity index (χ0n) is 13.4. The minimum Gasteiger partial charge on any atom is -0.317 e. The molecule has 0 saturated carbocycles. The van der Waals surface area contributed by atoms with Crippen LogP contribution in [0.5, 0.6) is 0 Å². The fraction of sp³-hybridized carbons (Fsp3) is 1.00. The van der Waals surface area contributed by atoms with Crippen molar-refractivity contribution in [2.75, 3.05) is 26.2 Å². The van der Waals surface area contributed by atoms with Crippen LogP contribution in [0.4, 0.5) is 0 Å². The van der Waals surface area contributed by atoms with Crippen molar-refractivity contribution in [3.63, 3.8) is 0 Å². The van der Waals surface area contributed by atoms with Crippen molar-refractivity contribution >= 4 is 0 Å². The zero-order chi connectivity index (χ0) is 13.7. The summed E-state index contributed by atoms with van der Waals surface area (Å²) < 4.78 is 0. The lowest BCUT2D eigenvalue weighted by Crippen LogP contribution is -2.45. The van der Waals surface area contributed by atoms with Gasteiger partial charge in [0.25, 0.3) is 0 Å². The van der Waals surface area contributed by atoms with Crippen molar-refractivity contribution < 1.29 is 0 Å². The van der Waals surface area contributed by atoms with Gasteiger partial charge in [0.05, 0.1) is 0 Å². The molecule has 1 N–H and O–H groups in total. The number of nitrogens with zero attached hydrogens (tertiary/aromatic N) is 1. The van der Waals surface area contributed by atoms with Gasteiger partial charge in [0.2, 0.25) is 0 Å². The number of hydrogen-bond donors (Lipinski definition) is 1. The molecular formula is C17H34N2. The average Bonchev–Trinajstić information content (AvgIpc) is 2.62. The Balaban J connectivity index is 1.94. The Morgan fingerprint density at radius 2 is 1.74 bits per heavy atom. The van der Waals surface area contributed by atoms with Gasteiger partial charge in [-0.2, -0.15) is 0 Å². The maximum atomic E-state index is 3.52. The van der Waals surface area contributed by atoms with Gasteiger partial charge in [-0.25, -0.2) is 0 Å². The van der Waals surface area contributed by atoms with Crippen LogP contribution >= 0.6 is 0 Å². The Labute approximate surface area is 120 Å². The number of likely N-dealkylation sites (tertiary alicyclic amines) is 1. The number of piperidine rings is 1. The molecule has 2 fully saturated rings. The lowest BCUT2D eigenvalue weighted by molar-refractivity contribution is 0.109. The average molecular weight is 266 g/mol. The van der Waals surface area contributed by atoms with Gasteiger partial charge in [-0.15, -0.1) is 0 Å². The molecule has 2 aliphatic heterocycles. The quantitative estimate of drug-likeness (QED) is 0.838. The molecule has 0 amide bonds. The topological polar surface area (TPSA) is 15.3 Å². The Bertz CT molecular complexity index is 250. The van der Waals surface area contributed by atoms with E-state index in [0.29, 0.717) is 5.41 Å². The van der Waals surface area contributed by atoms with Crippen LogP contribution in [-0.2, 0) is 0 Å². The summed E-state index contributed by atoms with van der Waals surface area (Å²) in [4.78, 5) is 2.86. The summed E-state index contributed by atoms with van der Waals surface area (Å²) in [6, 6.07) is 0.881. The van der Waals surface area contributed by atoms with Gasteiger partial charge in [-0.1, -0.05) is 33.6 Å². The Morgan fingerprint density at radius 1 is 1.00 bits per heavy atom. The second-order valence-electron chi connectivity index (χ2n) is 7.85. The molecule has 1 atom stereocenters. The molecule has 2 heterocycles. The van der Waals surface area contributed by atoms with Gasteiger partial charge in [-0.3, -0.25) is 0 Å². The van der Waals surface area contributed by atoms with Crippen LogP contribution in [0.2, 0.25) is 0 Å². The first-order chi connectivity index (χ1) is 9.06. The van der Waals surface area contributed by atoms with E-state index in [1.165, 1.54) is 71.1 Å². The van der Waals surface area contributed by atoms with Crippen LogP contribution in [-0.4, -0.2) is 37.1 Å². The van der Waals surface area contributed by atoms with Crippen LogP contribution in [0.25, 0.3) is 0 Å². The van der Waals surface area contributed by atoms with Crippen molar-refractivity contribution in [2.24, 2.45) is 11.3 Å². The predicted molar refractivity (Wildman–Crippen MR) is 83.5 cm³/mol. The number of rotatable bonds is 3. The molecule has 0 aromatic rings. The molecule has 0 aliphatic carbocycles. The fourth-order valence-electron chi connectivity index (χ4n) is 3.71. The summed E-state index contributed by atoms with van der Waals surface area (Å²) in [5.41, 5.74) is 0.477. The van der Waals surface area contributed by atoms with E-state index >= 15 is 0 Å². The van der Waals surface area contributed by atoms with E-state index in [1.807, 2.05) is 0 Å². The summed E-state index contributed by atoms with van der Waals surface area (Å²) in [5.74, 6) is 0.958. The molecule has 2 heteroatoms. The molecule has 0 spiro atoms. The van der Waals surface area contributed by atoms with Gasteiger partial charge in [0.15, 0.2) is 0 Å². The molecule has 0 aromatic heterocycles. The Hall–Kier alpha value is -0.0800. The van der Waals surface area contributed by atoms with Crippen molar-refractivity contribution in [3.8, 4) is 0 Å². The van der Waals surface area contributed by atoms with Crippen molar-refractivity contribution in [1.29, 1.82) is 0 Å². The third-order valence-corrected chi connectivity index (χ3v) is 4.99. The first-order valence-corrected chi connectivity index (χ1v) is 8.51. The molecule has 2 saturated heterocycles. The summed E-state index contributed by atoms with van der Waals surface area (Å²) >= 11 is 0. The van der Waals surface area contributed by atoms with Crippen LogP contribution in [0.3, 0.4) is 0 Å². The number of hydrogen-bond acceptors (Lipinski definition) is 2. The van der Waals surface area contributed by atoms with Gasteiger partial charge in [-0.05, 0) is 69.6 Å². The first kappa shape index (κ1) is 15.3. The minimum atomic E-state index is 0.477. The van der Waals surface area contributed by atoms with E-state index in [4.69, 9.17) is 0 Å². The first-order valence-electron chi connectivity index (χ1n) is 8.51. The predicted octanol–water partition coefficient (Wildman–Crippen LogP) is 3.67. The summed E-state index contributed by atoms with van der Waals surface area (Å²) in [7, 11) is 0. The van der Waals surface area contributed by atoms with E-state index in [2.05, 4.69) is 31.0 Å². The molecule has 19 heavy (non-hydrogen) atoms. The standard InChI is InChI=1S/C17H34N2/c1-17(2,3)10-14-19-13-6-4-5-7-16(19)15-8-11-18-12-9-15/h15-16,18H,4-14H2,1-3H3.